The third-order valence-corrected chi connectivity index (χ3v) is 4.64. The molecule has 2 N–H and O–H groups in total. The summed E-state index contributed by atoms with van der Waals surface area (Å²) in [6.07, 6.45) is 0.00384. The molecule has 1 fully saturated rings. The normalized spacial score (nSPS) is 20.5. The number of hydrogen-bond donors (Lipinski definition) is 2. The molecule has 0 aliphatic carbocycles. The Hall–Kier alpha value is -1.99. The Morgan fingerprint density at radius 2 is 2.04 bits per heavy atom. The third-order valence-electron chi connectivity index (χ3n) is 4.64. The zero-order valence-electron chi connectivity index (χ0n) is 16.7. The maximum atomic E-state index is 5.94. The fourth-order valence-electron chi connectivity index (χ4n) is 2.95. The molecule has 146 valence electrons. The van der Waals surface area contributed by atoms with E-state index in [1.165, 1.54) is 0 Å². The predicted octanol–water partition coefficient (Wildman–Crippen LogP) is 0.873. The number of ether oxygens (including phenoxy) is 2. The highest BCUT2D eigenvalue weighted by molar-refractivity contribution is 5.79. The Labute approximate surface area is 157 Å². The first-order chi connectivity index (χ1) is 12.5. The molecule has 1 aromatic carbocycles. The molecule has 1 aromatic rings. The van der Waals surface area contributed by atoms with Gasteiger partial charge in [-0.25, -0.2) is 0 Å². The fourth-order valence-corrected chi connectivity index (χ4v) is 2.95. The number of guanidine groups is 1. The molecule has 1 aliphatic heterocycles. The Morgan fingerprint density at radius 1 is 1.27 bits per heavy atom. The zero-order chi connectivity index (χ0) is 18.9. The van der Waals surface area contributed by atoms with Gasteiger partial charge in [0.2, 0.25) is 0 Å². The number of nitrogens with zero attached hydrogens (tertiary/aromatic N) is 3. The minimum atomic E-state index is 0.00384. The Kier molecular flexibility index (Phi) is 8.00. The fraction of sp³-hybridized carbons (Fsp3) is 0.632. The van der Waals surface area contributed by atoms with Gasteiger partial charge in [-0.3, -0.25) is 9.89 Å². The van der Waals surface area contributed by atoms with Gasteiger partial charge < -0.3 is 25.0 Å². The first-order valence-electron chi connectivity index (χ1n) is 9.15. The van der Waals surface area contributed by atoms with E-state index in [9.17, 15) is 0 Å². The van der Waals surface area contributed by atoms with E-state index in [0.29, 0.717) is 12.6 Å². The first kappa shape index (κ1) is 20.3. The van der Waals surface area contributed by atoms with Crippen molar-refractivity contribution in [1.29, 1.82) is 0 Å². The van der Waals surface area contributed by atoms with Crippen molar-refractivity contribution in [3.8, 4) is 11.5 Å². The summed E-state index contributed by atoms with van der Waals surface area (Å²) < 4.78 is 11.2. The van der Waals surface area contributed by atoms with Gasteiger partial charge in [-0.15, -0.1) is 0 Å². The molecule has 1 aliphatic rings. The maximum Gasteiger partial charge on any atom is 0.191 e. The van der Waals surface area contributed by atoms with Crippen LogP contribution in [0.15, 0.2) is 29.3 Å². The summed E-state index contributed by atoms with van der Waals surface area (Å²) in [5.41, 5.74) is 0. The third kappa shape index (κ3) is 6.38. The lowest BCUT2D eigenvalue weighted by Crippen LogP contribution is -2.55. The second-order valence-electron chi connectivity index (χ2n) is 6.84. The minimum Gasteiger partial charge on any atom is -0.497 e. The highest BCUT2D eigenvalue weighted by Gasteiger charge is 2.22. The molecule has 7 heteroatoms. The SMILES string of the molecule is CN=C(NCC(C)Oc1cccc(OC)c1)NCC1CN(C)CCN1C. The zero-order valence-corrected chi connectivity index (χ0v) is 16.7. The van der Waals surface area contributed by atoms with Crippen LogP contribution in [0, 0.1) is 0 Å². The van der Waals surface area contributed by atoms with Crippen LogP contribution in [0.5, 0.6) is 11.5 Å². The number of likely N-dealkylation sites (N-methyl/N-ethyl adjacent to an activating group) is 2. The Balaban J connectivity index is 1.75. The standard InChI is InChI=1S/C19H33N5O2/c1-15(26-18-8-6-7-17(11-18)25-5)12-21-19(20-2)22-13-16-14-23(3)9-10-24(16)4/h6-8,11,15-16H,9-10,12-14H2,1-5H3,(H2,20,21,22). The second-order valence-corrected chi connectivity index (χ2v) is 6.84. The summed E-state index contributed by atoms with van der Waals surface area (Å²) in [5.74, 6) is 2.39. The van der Waals surface area contributed by atoms with Crippen molar-refractivity contribution in [3.63, 3.8) is 0 Å². The summed E-state index contributed by atoms with van der Waals surface area (Å²) >= 11 is 0. The van der Waals surface area contributed by atoms with Crippen molar-refractivity contribution in [2.24, 2.45) is 4.99 Å². The topological polar surface area (TPSA) is 61.4 Å². The van der Waals surface area contributed by atoms with Gasteiger partial charge in [0.25, 0.3) is 0 Å². The van der Waals surface area contributed by atoms with Gasteiger partial charge in [0.1, 0.15) is 17.6 Å². The lowest BCUT2D eigenvalue weighted by atomic mass is 10.2. The van der Waals surface area contributed by atoms with Crippen LogP contribution < -0.4 is 20.1 Å². The monoisotopic (exact) mass is 363 g/mol. The van der Waals surface area contributed by atoms with E-state index in [-0.39, 0.29) is 6.10 Å². The summed E-state index contributed by atoms with van der Waals surface area (Å²) in [6, 6.07) is 8.13. The molecule has 1 heterocycles. The van der Waals surface area contributed by atoms with Gasteiger partial charge in [0, 0.05) is 45.3 Å². The molecule has 2 rings (SSSR count). The van der Waals surface area contributed by atoms with Crippen LogP contribution >= 0.6 is 0 Å². The number of methoxy groups -OCH3 is 1. The van der Waals surface area contributed by atoms with Crippen LogP contribution in [-0.2, 0) is 0 Å². The average molecular weight is 364 g/mol. The lowest BCUT2D eigenvalue weighted by molar-refractivity contribution is 0.116. The molecule has 0 aromatic heterocycles. The van der Waals surface area contributed by atoms with Crippen LogP contribution in [0.4, 0.5) is 0 Å². The number of nitrogens with one attached hydrogen (secondary N) is 2. The van der Waals surface area contributed by atoms with Gasteiger partial charge in [0.05, 0.1) is 13.7 Å². The van der Waals surface area contributed by atoms with E-state index in [2.05, 4.69) is 39.5 Å². The van der Waals surface area contributed by atoms with Crippen LogP contribution in [0.3, 0.4) is 0 Å². The average Bonchev–Trinajstić information content (AvgIpc) is 2.64. The van der Waals surface area contributed by atoms with Gasteiger partial charge in [0.15, 0.2) is 5.96 Å². The molecule has 0 saturated carbocycles. The van der Waals surface area contributed by atoms with Crippen LogP contribution in [0.25, 0.3) is 0 Å². The number of benzene rings is 1. The van der Waals surface area contributed by atoms with Crippen molar-refractivity contribution >= 4 is 5.96 Å². The van der Waals surface area contributed by atoms with Crippen LogP contribution in [0.1, 0.15) is 6.92 Å². The molecular weight excluding hydrogens is 330 g/mol. The van der Waals surface area contributed by atoms with E-state index in [0.717, 1.165) is 43.6 Å². The predicted molar refractivity (Wildman–Crippen MR) is 106 cm³/mol. The van der Waals surface area contributed by atoms with Gasteiger partial charge >= 0.3 is 0 Å². The molecule has 26 heavy (non-hydrogen) atoms. The Morgan fingerprint density at radius 3 is 2.77 bits per heavy atom. The van der Waals surface area contributed by atoms with Gasteiger partial charge in [-0.05, 0) is 33.2 Å². The van der Waals surface area contributed by atoms with E-state index in [1.807, 2.05) is 31.2 Å². The van der Waals surface area contributed by atoms with Crippen LogP contribution in [-0.4, -0.2) is 88.9 Å². The number of hydrogen-bond acceptors (Lipinski definition) is 5. The lowest BCUT2D eigenvalue weighted by Gasteiger charge is -2.38. The van der Waals surface area contributed by atoms with E-state index < -0.39 is 0 Å². The second kappa shape index (κ2) is 10.2. The summed E-state index contributed by atoms with van der Waals surface area (Å²) in [5, 5.41) is 6.76. The summed E-state index contributed by atoms with van der Waals surface area (Å²) in [7, 11) is 7.80. The Bertz CT molecular complexity index is 581. The van der Waals surface area contributed by atoms with Gasteiger partial charge in [-0.1, -0.05) is 6.07 Å². The molecule has 2 unspecified atom stereocenters. The van der Waals surface area contributed by atoms with Crippen LogP contribution in [0.2, 0.25) is 0 Å². The number of piperazine rings is 1. The molecule has 1 saturated heterocycles. The van der Waals surface area contributed by atoms with Crippen molar-refractivity contribution < 1.29 is 9.47 Å². The van der Waals surface area contributed by atoms with Crippen molar-refractivity contribution in [2.75, 3.05) is 61.0 Å². The van der Waals surface area contributed by atoms with E-state index in [4.69, 9.17) is 9.47 Å². The smallest absolute Gasteiger partial charge is 0.191 e. The highest BCUT2D eigenvalue weighted by Crippen LogP contribution is 2.19. The minimum absolute atomic E-state index is 0.00384. The first-order valence-corrected chi connectivity index (χ1v) is 9.15. The number of aliphatic imine (C=N–C) groups is 1. The molecular formula is C19H33N5O2. The maximum absolute atomic E-state index is 5.94. The molecule has 0 amide bonds. The summed E-state index contributed by atoms with van der Waals surface area (Å²) in [6.45, 7) is 6.85. The van der Waals surface area contributed by atoms with E-state index >= 15 is 0 Å². The molecule has 0 bridgehead atoms. The van der Waals surface area contributed by atoms with Crippen molar-refractivity contribution in [1.82, 2.24) is 20.4 Å². The van der Waals surface area contributed by atoms with Gasteiger partial charge in [-0.2, -0.15) is 0 Å². The largest absolute Gasteiger partial charge is 0.497 e. The van der Waals surface area contributed by atoms with Crippen molar-refractivity contribution in [2.45, 2.75) is 19.1 Å². The quantitative estimate of drug-likeness (QED) is 0.554. The molecule has 2 atom stereocenters. The number of rotatable bonds is 7. The summed E-state index contributed by atoms with van der Waals surface area (Å²) in [4.78, 5) is 9.07. The van der Waals surface area contributed by atoms with E-state index in [1.54, 1.807) is 14.2 Å². The van der Waals surface area contributed by atoms with Crippen molar-refractivity contribution in [3.05, 3.63) is 24.3 Å². The highest BCUT2D eigenvalue weighted by atomic mass is 16.5. The molecule has 0 spiro atoms. The molecule has 7 nitrogen and oxygen atoms in total. The molecule has 0 radical (unpaired) electrons.